The zero-order valence-corrected chi connectivity index (χ0v) is 8.28. The van der Waals surface area contributed by atoms with E-state index in [4.69, 9.17) is 11.6 Å². The molecule has 0 aliphatic rings. The van der Waals surface area contributed by atoms with Crippen LogP contribution < -0.4 is 0 Å². The van der Waals surface area contributed by atoms with E-state index in [1.165, 1.54) is 11.5 Å². The van der Waals surface area contributed by atoms with Gasteiger partial charge in [-0.2, -0.15) is 23.5 Å². The maximum absolute atomic E-state index is 5.60. The minimum absolute atomic E-state index is 0.624. The Bertz CT molecular complexity index is 59.0. The lowest BCUT2D eigenvalue weighted by Crippen LogP contribution is -1.99. The molecular weight excluding hydrogens is 172 g/mol. The van der Waals surface area contributed by atoms with Crippen LogP contribution >= 0.6 is 35.1 Å². The van der Waals surface area contributed by atoms with Crippen LogP contribution in [0.15, 0.2) is 0 Å². The first kappa shape index (κ1) is 9.99. The lowest BCUT2D eigenvalue weighted by atomic mass is 10.6. The number of rotatable bonds is 5. The largest absolute Gasteiger partial charge is 0.165 e. The van der Waals surface area contributed by atoms with Crippen LogP contribution in [0.2, 0.25) is 0 Å². The van der Waals surface area contributed by atoms with Crippen LogP contribution in [0, 0.1) is 0 Å². The van der Waals surface area contributed by atoms with Crippen LogP contribution in [0.5, 0.6) is 0 Å². The predicted molar refractivity (Wildman–Crippen MR) is 51.0 cm³/mol. The number of hydrogen-bond donors (Lipinski definition) is 0. The predicted octanol–water partition coefficient (Wildman–Crippen LogP) is 2.71. The Morgan fingerprint density at radius 2 is 2.11 bits per heavy atom. The van der Waals surface area contributed by atoms with E-state index in [9.17, 15) is 0 Å². The van der Waals surface area contributed by atoms with Crippen molar-refractivity contribution in [1.29, 1.82) is 0 Å². The van der Waals surface area contributed by atoms with Gasteiger partial charge in [0.15, 0.2) is 0 Å². The van der Waals surface area contributed by atoms with Crippen molar-refractivity contribution in [1.82, 2.24) is 0 Å². The van der Waals surface area contributed by atoms with E-state index in [2.05, 4.69) is 13.2 Å². The van der Waals surface area contributed by atoms with Gasteiger partial charge in [0, 0.05) is 22.6 Å². The molecule has 0 fully saturated rings. The zero-order chi connectivity index (χ0) is 7.11. The summed E-state index contributed by atoms with van der Waals surface area (Å²) in [7, 11) is 0. The first-order valence-electron chi connectivity index (χ1n) is 2.97. The van der Waals surface area contributed by atoms with Gasteiger partial charge in [0.05, 0.1) is 0 Å². The van der Waals surface area contributed by atoms with Gasteiger partial charge in [0.2, 0.25) is 0 Å². The third-order valence-electron chi connectivity index (χ3n) is 0.907. The van der Waals surface area contributed by atoms with Crippen molar-refractivity contribution in [3.05, 3.63) is 0 Å². The molecule has 0 rings (SSSR count). The molecule has 0 aromatic carbocycles. The Morgan fingerprint density at radius 3 is 2.56 bits per heavy atom. The number of alkyl halides is 1. The van der Waals surface area contributed by atoms with Crippen molar-refractivity contribution in [3.8, 4) is 0 Å². The smallest absolute Gasteiger partial charge is 0.0339 e. The Labute approximate surface area is 71.1 Å². The third kappa shape index (κ3) is 6.88. The molecule has 0 saturated carbocycles. The summed E-state index contributed by atoms with van der Waals surface area (Å²) in [6.07, 6.45) is 2.13. The van der Waals surface area contributed by atoms with Crippen LogP contribution in [-0.2, 0) is 0 Å². The van der Waals surface area contributed by atoms with Crippen molar-refractivity contribution in [3.63, 3.8) is 0 Å². The molecule has 0 saturated heterocycles. The molecule has 0 heterocycles. The van der Waals surface area contributed by atoms with E-state index in [1.54, 1.807) is 0 Å². The van der Waals surface area contributed by atoms with Gasteiger partial charge >= 0.3 is 0 Å². The molecule has 3 heteroatoms. The van der Waals surface area contributed by atoms with Crippen LogP contribution in [0.1, 0.15) is 6.92 Å². The average molecular weight is 185 g/mol. The third-order valence-corrected chi connectivity index (χ3v) is 3.60. The van der Waals surface area contributed by atoms with E-state index in [1.807, 2.05) is 23.5 Å². The first-order valence-corrected chi connectivity index (χ1v) is 5.95. The summed E-state index contributed by atoms with van der Waals surface area (Å²) >= 11 is 9.44. The molecule has 1 unspecified atom stereocenters. The second-order valence-electron chi connectivity index (χ2n) is 1.83. The Balaban J connectivity index is 2.88. The SMILES string of the molecule is CSCCSC(C)CCl. The van der Waals surface area contributed by atoms with E-state index >= 15 is 0 Å². The second-order valence-corrected chi connectivity index (χ2v) is 4.67. The van der Waals surface area contributed by atoms with Crippen molar-refractivity contribution in [2.24, 2.45) is 0 Å². The standard InChI is InChI=1S/C6H13ClS2/c1-6(5-7)9-4-3-8-2/h6H,3-5H2,1-2H3. The van der Waals surface area contributed by atoms with Crippen molar-refractivity contribution < 1.29 is 0 Å². The highest BCUT2D eigenvalue weighted by atomic mass is 35.5. The molecule has 56 valence electrons. The fraction of sp³-hybridized carbons (Fsp3) is 1.00. The highest BCUT2D eigenvalue weighted by Crippen LogP contribution is 2.12. The van der Waals surface area contributed by atoms with Crippen LogP contribution in [0.25, 0.3) is 0 Å². The molecule has 9 heavy (non-hydrogen) atoms. The van der Waals surface area contributed by atoms with Gasteiger partial charge in [-0.05, 0) is 6.26 Å². The van der Waals surface area contributed by atoms with Crippen molar-refractivity contribution >= 4 is 35.1 Å². The monoisotopic (exact) mass is 184 g/mol. The molecule has 0 aromatic heterocycles. The first-order chi connectivity index (χ1) is 4.31. The average Bonchev–Trinajstić information content (AvgIpc) is 1.89. The fourth-order valence-corrected chi connectivity index (χ4v) is 2.19. The molecule has 0 N–H and O–H groups in total. The summed E-state index contributed by atoms with van der Waals surface area (Å²) < 4.78 is 0. The minimum Gasteiger partial charge on any atom is -0.165 e. The van der Waals surface area contributed by atoms with Gasteiger partial charge in [0.25, 0.3) is 0 Å². The van der Waals surface area contributed by atoms with E-state index in [0.29, 0.717) is 5.25 Å². The molecule has 0 spiro atoms. The van der Waals surface area contributed by atoms with Crippen LogP contribution in [0.4, 0.5) is 0 Å². The fourth-order valence-electron chi connectivity index (χ4n) is 0.377. The number of hydrogen-bond acceptors (Lipinski definition) is 2. The maximum atomic E-state index is 5.60. The molecule has 0 radical (unpaired) electrons. The lowest BCUT2D eigenvalue weighted by Gasteiger charge is -2.04. The molecule has 0 amide bonds. The molecule has 0 aliphatic carbocycles. The number of halogens is 1. The Morgan fingerprint density at radius 1 is 1.44 bits per heavy atom. The minimum atomic E-state index is 0.624. The Kier molecular flexibility index (Phi) is 7.88. The van der Waals surface area contributed by atoms with Gasteiger partial charge in [-0.15, -0.1) is 11.6 Å². The quantitative estimate of drug-likeness (QED) is 0.476. The molecule has 0 aromatic rings. The summed E-state index contributed by atoms with van der Waals surface area (Å²) in [4.78, 5) is 0. The summed E-state index contributed by atoms with van der Waals surface area (Å²) in [5.74, 6) is 3.25. The normalized spacial score (nSPS) is 13.7. The van der Waals surface area contributed by atoms with Crippen molar-refractivity contribution in [2.75, 3.05) is 23.6 Å². The summed E-state index contributed by atoms with van der Waals surface area (Å²) in [6.45, 7) is 2.16. The molecule has 0 nitrogen and oxygen atoms in total. The molecule has 0 aliphatic heterocycles. The van der Waals surface area contributed by atoms with Gasteiger partial charge in [0.1, 0.15) is 0 Å². The van der Waals surface area contributed by atoms with Gasteiger partial charge in [-0.1, -0.05) is 6.92 Å². The number of thioether (sulfide) groups is 2. The maximum Gasteiger partial charge on any atom is 0.0339 e. The summed E-state index contributed by atoms with van der Waals surface area (Å²) in [5.41, 5.74) is 0. The Hall–Kier alpha value is 0.990. The topological polar surface area (TPSA) is 0 Å². The van der Waals surface area contributed by atoms with Crippen LogP contribution in [-0.4, -0.2) is 28.9 Å². The zero-order valence-electron chi connectivity index (χ0n) is 5.89. The molecule has 1 atom stereocenters. The highest BCUT2D eigenvalue weighted by Gasteiger charge is 1.97. The van der Waals surface area contributed by atoms with E-state index in [-0.39, 0.29) is 0 Å². The lowest BCUT2D eigenvalue weighted by molar-refractivity contribution is 1.12. The highest BCUT2D eigenvalue weighted by molar-refractivity contribution is 8.02. The molecular formula is C6H13ClS2. The second kappa shape index (κ2) is 7.10. The van der Waals surface area contributed by atoms with E-state index in [0.717, 1.165) is 5.88 Å². The van der Waals surface area contributed by atoms with Gasteiger partial charge in [-0.3, -0.25) is 0 Å². The molecule has 0 bridgehead atoms. The summed E-state index contributed by atoms with van der Waals surface area (Å²) in [6, 6.07) is 0. The summed E-state index contributed by atoms with van der Waals surface area (Å²) in [5, 5.41) is 0.624. The van der Waals surface area contributed by atoms with Crippen molar-refractivity contribution in [2.45, 2.75) is 12.2 Å². The van der Waals surface area contributed by atoms with Crippen LogP contribution in [0.3, 0.4) is 0 Å². The van der Waals surface area contributed by atoms with E-state index < -0.39 is 0 Å². The van der Waals surface area contributed by atoms with Gasteiger partial charge < -0.3 is 0 Å². The van der Waals surface area contributed by atoms with Gasteiger partial charge in [-0.25, -0.2) is 0 Å².